The number of thiazole rings is 1. The minimum atomic E-state index is 0.635. The summed E-state index contributed by atoms with van der Waals surface area (Å²) < 4.78 is 1.40. The van der Waals surface area contributed by atoms with Gasteiger partial charge in [-0.05, 0) is 29.5 Å². The van der Waals surface area contributed by atoms with Crippen molar-refractivity contribution in [3.63, 3.8) is 0 Å². The van der Waals surface area contributed by atoms with Crippen LogP contribution in [0.4, 0.5) is 5.82 Å². The Morgan fingerprint density at radius 1 is 1.39 bits per heavy atom. The molecule has 3 aromatic rings. The number of aromatic nitrogens is 6. The predicted octanol–water partition coefficient (Wildman–Crippen LogP) is 0.939. The van der Waals surface area contributed by atoms with Gasteiger partial charge in [0.05, 0.1) is 5.01 Å². The Morgan fingerprint density at radius 2 is 2.33 bits per heavy atom. The zero-order chi connectivity index (χ0) is 12.4. The second kappa shape index (κ2) is 4.65. The lowest BCUT2D eigenvalue weighted by atomic mass is 10.4. The number of fused-ring (bicyclic) bond motifs is 1. The zero-order valence-electron chi connectivity index (χ0n) is 9.74. The summed E-state index contributed by atoms with van der Waals surface area (Å²) in [6.45, 7) is 2.79. The van der Waals surface area contributed by atoms with Gasteiger partial charge >= 0.3 is 0 Å². The van der Waals surface area contributed by atoms with E-state index in [4.69, 9.17) is 0 Å². The highest BCUT2D eigenvalue weighted by molar-refractivity contribution is 7.09. The maximum absolute atomic E-state index is 4.40. The van der Waals surface area contributed by atoms with Gasteiger partial charge in [-0.25, -0.2) is 4.98 Å². The predicted molar refractivity (Wildman–Crippen MR) is 67.6 cm³/mol. The molecule has 0 aliphatic heterocycles. The van der Waals surface area contributed by atoms with Gasteiger partial charge < -0.3 is 5.32 Å². The van der Waals surface area contributed by atoms with E-state index in [1.807, 2.05) is 19.1 Å². The molecule has 3 aromatic heterocycles. The molecule has 0 fully saturated rings. The standard InChI is InChI=1S/C10H11N7S/c1-7-6-18-10(12-7)4-5-11-8-2-3-9-13-15-16-17(9)14-8/h2-3,6H,4-5H2,1H3,(H,11,14). The van der Waals surface area contributed by atoms with Gasteiger partial charge in [0.2, 0.25) is 0 Å². The molecule has 3 rings (SSSR count). The molecule has 8 heteroatoms. The fourth-order valence-corrected chi connectivity index (χ4v) is 2.33. The van der Waals surface area contributed by atoms with Gasteiger partial charge in [0.25, 0.3) is 0 Å². The van der Waals surface area contributed by atoms with Crippen LogP contribution < -0.4 is 5.32 Å². The lowest BCUT2D eigenvalue weighted by Crippen LogP contribution is -2.08. The Bertz CT molecular complexity index is 659. The van der Waals surface area contributed by atoms with E-state index in [0.29, 0.717) is 5.65 Å². The number of tetrazole rings is 1. The van der Waals surface area contributed by atoms with Gasteiger partial charge in [0.15, 0.2) is 5.65 Å². The van der Waals surface area contributed by atoms with Gasteiger partial charge in [-0.15, -0.1) is 26.2 Å². The number of rotatable bonds is 4. The van der Waals surface area contributed by atoms with Crippen molar-refractivity contribution in [3.8, 4) is 0 Å². The largest absolute Gasteiger partial charge is 0.368 e. The van der Waals surface area contributed by atoms with Crippen LogP contribution in [0, 0.1) is 6.92 Å². The van der Waals surface area contributed by atoms with E-state index in [0.717, 1.165) is 29.5 Å². The second-order valence-electron chi connectivity index (χ2n) is 3.80. The smallest absolute Gasteiger partial charge is 0.200 e. The topological polar surface area (TPSA) is 80.9 Å². The Kier molecular flexibility index (Phi) is 2.85. The summed E-state index contributed by atoms with van der Waals surface area (Å²) in [5, 5.41) is 21.7. The Morgan fingerprint density at radius 3 is 3.17 bits per heavy atom. The number of hydrogen-bond donors (Lipinski definition) is 1. The van der Waals surface area contributed by atoms with Crippen LogP contribution in [0.3, 0.4) is 0 Å². The SMILES string of the molecule is Cc1csc(CCNc2ccc3nnnn3n2)n1. The average Bonchev–Trinajstić information content (AvgIpc) is 2.97. The molecule has 0 unspecified atom stereocenters. The quantitative estimate of drug-likeness (QED) is 0.752. The second-order valence-corrected chi connectivity index (χ2v) is 4.75. The molecule has 0 radical (unpaired) electrons. The molecule has 0 spiro atoms. The fourth-order valence-electron chi connectivity index (χ4n) is 1.56. The number of nitrogens with zero attached hydrogens (tertiary/aromatic N) is 6. The highest BCUT2D eigenvalue weighted by Crippen LogP contribution is 2.09. The van der Waals surface area contributed by atoms with Crippen LogP contribution in [0.25, 0.3) is 5.65 Å². The molecule has 0 aliphatic carbocycles. The molecule has 0 saturated carbocycles. The van der Waals surface area contributed by atoms with E-state index in [2.05, 4.69) is 36.3 Å². The summed E-state index contributed by atoms with van der Waals surface area (Å²) in [7, 11) is 0. The van der Waals surface area contributed by atoms with Crippen LogP contribution in [0.5, 0.6) is 0 Å². The number of aryl methyl sites for hydroxylation is 1. The maximum atomic E-state index is 4.40. The first-order chi connectivity index (χ1) is 8.81. The fraction of sp³-hybridized carbons (Fsp3) is 0.300. The third-order valence-corrected chi connectivity index (χ3v) is 3.41. The Balaban J connectivity index is 1.62. The number of hydrogen-bond acceptors (Lipinski definition) is 7. The van der Waals surface area contributed by atoms with Crippen molar-refractivity contribution in [2.45, 2.75) is 13.3 Å². The number of nitrogens with one attached hydrogen (secondary N) is 1. The first-order valence-electron chi connectivity index (χ1n) is 5.51. The van der Waals surface area contributed by atoms with Crippen LogP contribution in [0.1, 0.15) is 10.7 Å². The van der Waals surface area contributed by atoms with Crippen LogP contribution in [-0.2, 0) is 6.42 Å². The van der Waals surface area contributed by atoms with Crippen molar-refractivity contribution in [2.75, 3.05) is 11.9 Å². The van der Waals surface area contributed by atoms with Crippen molar-refractivity contribution in [1.29, 1.82) is 0 Å². The molecule has 92 valence electrons. The zero-order valence-corrected chi connectivity index (χ0v) is 10.6. The third-order valence-electron chi connectivity index (χ3n) is 2.38. The minimum absolute atomic E-state index is 0.635. The molecule has 18 heavy (non-hydrogen) atoms. The van der Waals surface area contributed by atoms with Crippen molar-refractivity contribution in [1.82, 2.24) is 30.2 Å². The first kappa shape index (κ1) is 11.0. The molecule has 0 aromatic carbocycles. The lowest BCUT2D eigenvalue weighted by Gasteiger charge is -2.03. The molecular formula is C10H11N7S. The van der Waals surface area contributed by atoms with Gasteiger partial charge in [-0.3, -0.25) is 0 Å². The first-order valence-corrected chi connectivity index (χ1v) is 6.39. The Labute approximate surface area is 107 Å². The summed E-state index contributed by atoms with van der Waals surface area (Å²) in [6, 6.07) is 3.68. The summed E-state index contributed by atoms with van der Waals surface area (Å²) in [6.07, 6.45) is 0.883. The summed E-state index contributed by atoms with van der Waals surface area (Å²) in [5.41, 5.74) is 1.71. The van der Waals surface area contributed by atoms with Crippen molar-refractivity contribution in [2.24, 2.45) is 0 Å². The Hall–Kier alpha value is -2.09. The monoisotopic (exact) mass is 261 g/mol. The lowest BCUT2D eigenvalue weighted by molar-refractivity contribution is 0.733. The van der Waals surface area contributed by atoms with E-state index in [1.165, 1.54) is 4.63 Å². The highest BCUT2D eigenvalue weighted by atomic mass is 32.1. The van der Waals surface area contributed by atoms with Crippen molar-refractivity contribution >= 4 is 22.8 Å². The van der Waals surface area contributed by atoms with E-state index in [-0.39, 0.29) is 0 Å². The van der Waals surface area contributed by atoms with E-state index >= 15 is 0 Å². The molecular weight excluding hydrogens is 250 g/mol. The van der Waals surface area contributed by atoms with Crippen LogP contribution in [-0.4, -0.2) is 36.8 Å². The maximum Gasteiger partial charge on any atom is 0.200 e. The van der Waals surface area contributed by atoms with Gasteiger partial charge in [0.1, 0.15) is 5.82 Å². The summed E-state index contributed by atoms with van der Waals surface area (Å²) in [4.78, 5) is 4.40. The third kappa shape index (κ3) is 2.28. The van der Waals surface area contributed by atoms with E-state index < -0.39 is 0 Å². The van der Waals surface area contributed by atoms with Gasteiger partial charge in [-0.2, -0.15) is 0 Å². The molecule has 0 saturated heterocycles. The van der Waals surface area contributed by atoms with Gasteiger partial charge in [0, 0.05) is 24.0 Å². The normalized spacial score (nSPS) is 10.9. The molecule has 1 N–H and O–H groups in total. The molecule has 7 nitrogen and oxygen atoms in total. The van der Waals surface area contributed by atoms with Crippen LogP contribution in [0.2, 0.25) is 0 Å². The average molecular weight is 261 g/mol. The summed E-state index contributed by atoms with van der Waals surface area (Å²) >= 11 is 1.68. The van der Waals surface area contributed by atoms with Crippen molar-refractivity contribution < 1.29 is 0 Å². The molecule has 3 heterocycles. The van der Waals surface area contributed by atoms with Crippen LogP contribution >= 0.6 is 11.3 Å². The minimum Gasteiger partial charge on any atom is -0.368 e. The van der Waals surface area contributed by atoms with Gasteiger partial charge in [-0.1, -0.05) is 0 Å². The number of anilines is 1. The highest BCUT2D eigenvalue weighted by Gasteiger charge is 2.01. The van der Waals surface area contributed by atoms with E-state index in [9.17, 15) is 0 Å². The molecule has 0 aliphatic rings. The van der Waals surface area contributed by atoms with Crippen LogP contribution in [0.15, 0.2) is 17.5 Å². The molecule has 0 amide bonds. The van der Waals surface area contributed by atoms with E-state index in [1.54, 1.807) is 11.3 Å². The van der Waals surface area contributed by atoms with Crippen molar-refractivity contribution in [3.05, 3.63) is 28.2 Å². The summed E-state index contributed by atoms with van der Waals surface area (Å²) in [5.74, 6) is 0.753. The molecule has 0 atom stereocenters. The molecule has 0 bridgehead atoms.